The lowest BCUT2D eigenvalue weighted by Crippen LogP contribution is -2.27. The molecular formula is C20H22ClNO3S. The number of nitrogens with one attached hydrogen (secondary N) is 1. The second-order valence-electron chi connectivity index (χ2n) is 7.10. The van der Waals surface area contributed by atoms with Crippen molar-refractivity contribution in [3.8, 4) is 5.75 Å². The lowest BCUT2D eigenvalue weighted by atomic mass is 9.95. The average molecular weight is 392 g/mol. The maximum absolute atomic E-state index is 12.3. The minimum Gasteiger partial charge on any atom is -0.467 e. The number of para-hydroxylation sites is 1. The molecule has 6 heteroatoms. The van der Waals surface area contributed by atoms with E-state index in [0.717, 1.165) is 27.5 Å². The van der Waals surface area contributed by atoms with Crippen LogP contribution in [0, 0.1) is 5.41 Å². The van der Waals surface area contributed by atoms with Crippen molar-refractivity contribution in [3.05, 3.63) is 52.5 Å². The van der Waals surface area contributed by atoms with Gasteiger partial charge in [-0.3, -0.25) is 4.79 Å². The van der Waals surface area contributed by atoms with Gasteiger partial charge in [0.2, 0.25) is 5.91 Å². The molecule has 138 valence electrons. The molecule has 1 aliphatic rings. The highest BCUT2D eigenvalue weighted by molar-refractivity contribution is 7.98. The van der Waals surface area contributed by atoms with Gasteiger partial charge in [0.1, 0.15) is 5.75 Å². The van der Waals surface area contributed by atoms with Gasteiger partial charge in [-0.2, -0.15) is 0 Å². The van der Waals surface area contributed by atoms with Crippen molar-refractivity contribution >= 4 is 35.0 Å². The lowest BCUT2D eigenvalue weighted by molar-refractivity contribution is -0.123. The smallest absolute Gasteiger partial charge is 0.229 e. The lowest BCUT2D eigenvalue weighted by Gasteiger charge is -2.22. The molecule has 0 unspecified atom stereocenters. The molecule has 0 saturated heterocycles. The number of rotatable bonds is 4. The third kappa shape index (κ3) is 4.34. The van der Waals surface area contributed by atoms with E-state index in [9.17, 15) is 4.79 Å². The van der Waals surface area contributed by atoms with Gasteiger partial charge < -0.3 is 14.8 Å². The van der Waals surface area contributed by atoms with Gasteiger partial charge in [0.05, 0.1) is 12.3 Å². The van der Waals surface area contributed by atoms with Crippen LogP contribution in [0.4, 0.5) is 5.69 Å². The average Bonchev–Trinajstić information content (AvgIpc) is 2.61. The number of carbonyl (C=O) groups is 1. The molecule has 1 aliphatic heterocycles. The first-order valence-electron chi connectivity index (χ1n) is 8.40. The number of thioether (sulfide) groups is 1. The Morgan fingerprint density at radius 1 is 1.23 bits per heavy atom. The summed E-state index contributed by atoms with van der Waals surface area (Å²) in [6.07, 6.45) is 0. The SMILES string of the molecule is CC(C)(C)C(=O)Nc1ccccc1SCc1c(Cl)ccc2c1COCO2. The van der Waals surface area contributed by atoms with Crippen LogP contribution in [0.1, 0.15) is 31.9 Å². The molecule has 0 spiro atoms. The van der Waals surface area contributed by atoms with Crippen molar-refractivity contribution in [1.29, 1.82) is 0 Å². The Hall–Kier alpha value is -1.69. The van der Waals surface area contributed by atoms with Crippen molar-refractivity contribution in [1.82, 2.24) is 0 Å². The van der Waals surface area contributed by atoms with Crippen molar-refractivity contribution in [2.24, 2.45) is 5.41 Å². The monoisotopic (exact) mass is 391 g/mol. The maximum Gasteiger partial charge on any atom is 0.229 e. The van der Waals surface area contributed by atoms with Crippen molar-refractivity contribution < 1.29 is 14.3 Å². The van der Waals surface area contributed by atoms with Crippen molar-refractivity contribution in [2.75, 3.05) is 12.1 Å². The summed E-state index contributed by atoms with van der Waals surface area (Å²) in [7, 11) is 0. The Kier molecular flexibility index (Phi) is 5.80. The zero-order valence-electron chi connectivity index (χ0n) is 15.1. The van der Waals surface area contributed by atoms with E-state index in [1.54, 1.807) is 11.8 Å². The Morgan fingerprint density at radius 2 is 2.00 bits per heavy atom. The number of amides is 1. The third-order valence-electron chi connectivity index (χ3n) is 4.06. The number of carbonyl (C=O) groups excluding carboxylic acids is 1. The Bertz CT molecular complexity index is 817. The molecule has 2 aromatic rings. The normalized spacial score (nSPS) is 13.7. The Labute approximate surface area is 163 Å². The molecule has 1 N–H and O–H groups in total. The number of halogens is 1. The fraction of sp³-hybridized carbons (Fsp3) is 0.350. The van der Waals surface area contributed by atoms with E-state index in [1.165, 1.54) is 0 Å². The highest BCUT2D eigenvalue weighted by Gasteiger charge is 2.22. The van der Waals surface area contributed by atoms with Gasteiger partial charge in [0, 0.05) is 26.6 Å². The summed E-state index contributed by atoms with van der Waals surface area (Å²) in [5.74, 6) is 1.48. The molecule has 4 nitrogen and oxygen atoms in total. The molecule has 26 heavy (non-hydrogen) atoms. The third-order valence-corrected chi connectivity index (χ3v) is 5.52. The first kappa shape index (κ1) is 19.1. The van der Waals surface area contributed by atoms with Gasteiger partial charge in [0.15, 0.2) is 6.79 Å². The molecule has 0 atom stereocenters. The van der Waals surface area contributed by atoms with Gasteiger partial charge in [-0.15, -0.1) is 11.8 Å². The van der Waals surface area contributed by atoms with Crippen molar-refractivity contribution in [2.45, 2.75) is 38.0 Å². The number of hydrogen-bond acceptors (Lipinski definition) is 4. The standard InChI is InChI=1S/C20H22ClNO3S/c1-20(2,3)19(23)22-16-6-4-5-7-18(16)26-11-14-13-10-24-12-25-17(13)9-8-15(14)21/h4-9H,10-12H2,1-3H3,(H,22,23). The zero-order chi connectivity index (χ0) is 18.7. The fourth-order valence-electron chi connectivity index (χ4n) is 2.50. The molecule has 2 aromatic carbocycles. The summed E-state index contributed by atoms with van der Waals surface area (Å²) in [6, 6.07) is 11.5. The van der Waals surface area contributed by atoms with Crippen LogP contribution < -0.4 is 10.1 Å². The first-order chi connectivity index (χ1) is 12.4. The molecule has 0 bridgehead atoms. The second-order valence-corrected chi connectivity index (χ2v) is 8.53. The number of anilines is 1. The summed E-state index contributed by atoms with van der Waals surface area (Å²) >= 11 is 8.05. The molecule has 0 aromatic heterocycles. The van der Waals surface area contributed by atoms with E-state index in [-0.39, 0.29) is 12.7 Å². The van der Waals surface area contributed by atoms with Crippen LogP contribution in [0.2, 0.25) is 5.02 Å². The molecule has 1 amide bonds. The van der Waals surface area contributed by atoms with Crippen LogP contribution in [-0.4, -0.2) is 12.7 Å². The molecule has 0 fully saturated rings. The summed E-state index contributed by atoms with van der Waals surface area (Å²) in [5, 5.41) is 3.72. The van der Waals surface area contributed by atoms with Gasteiger partial charge in [0.25, 0.3) is 0 Å². The van der Waals surface area contributed by atoms with Crippen molar-refractivity contribution in [3.63, 3.8) is 0 Å². The summed E-state index contributed by atoms with van der Waals surface area (Å²) in [6.45, 7) is 6.45. The predicted octanol–water partition coefficient (Wildman–Crippen LogP) is 5.48. The summed E-state index contributed by atoms with van der Waals surface area (Å²) in [5.41, 5.74) is 2.36. The van der Waals surface area contributed by atoms with E-state index in [4.69, 9.17) is 21.1 Å². The molecule has 3 rings (SSSR count). The minimum atomic E-state index is -0.450. The predicted molar refractivity (Wildman–Crippen MR) is 106 cm³/mol. The van der Waals surface area contributed by atoms with Crippen LogP contribution in [0.15, 0.2) is 41.3 Å². The number of ether oxygens (including phenoxy) is 2. The molecular weight excluding hydrogens is 370 g/mol. The zero-order valence-corrected chi connectivity index (χ0v) is 16.7. The first-order valence-corrected chi connectivity index (χ1v) is 9.76. The van der Waals surface area contributed by atoms with Crippen LogP contribution in [-0.2, 0) is 21.9 Å². The minimum absolute atomic E-state index is 0.0116. The number of hydrogen-bond donors (Lipinski definition) is 1. The van der Waals surface area contributed by atoms with E-state index in [0.29, 0.717) is 17.4 Å². The van der Waals surface area contributed by atoms with Crippen LogP contribution in [0.5, 0.6) is 5.75 Å². The second kappa shape index (κ2) is 7.91. The van der Waals surface area contributed by atoms with E-state index in [1.807, 2.05) is 57.2 Å². The van der Waals surface area contributed by atoms with Crippen LogP contribution in [0.25, 0.3) is 0 Å². The Morgan fingerprint density at radius 3 is 2.77 bits per heavy atom. The van der Waals surface area contributed by atoms with Gasteiger partial charge in [-0.25, -0.2) is 0 Å². The highest BCUT2D eigenvalue weighted by Crippen LogP contribution is 2.37. The molecule has 0 radical (unpaired) electrons. The Balaban J connectivity index is 1.80. The molecule has 0 aliphatic carbocycles. The quantitative estimate of drug-likeness (QED) is 0.700. The number of benzene rings is 2. The highest BCUT2D eigenvalue weighted by atomic mass is 35.5. The van der Waals surface area contributed by atoms with Gasteiger partial charge >= 0.3 is 0 Å². The van der Waals surface area contributed by atoms with Crippen LogP contribution >= 0.6 is 23.4 Å². The molecule has 0 saturated carbocycles. The largest absolute Gasteiger partial charge is 0.467 e. The van der Waals surface area contributed by atoms with Gasteiger partial charge in [-0.05, 0) is 29.8 Å². The maximum atomic E-state index is 12.3. The summed E-state index contributed by atoms with van der Waals surface area (Å²) in [4.78, 5) is 13.3. The fourth-order valence-corrected chi connectivity index (χ4v) is 3.90. The van der Waals surface area contributed by atoms with Crippen LogP contribution in [0.3, 0.4) is 0 Å². The van der Waals surface area contributed by atoms with Gasteiger partial charge in [-0.1, -0.05) is 44.5 Å². The summed E-state index contributed by atoms with van der Waals surface area (Å²) < 4.78 is 10.9. The van der Waals surface area contributed by atoms with E-state index in [2.05, 4.69) is 5.32 Å². The van der Waals surface area contributed by atoms with E-state index >= 15 is 0 Å². The topological polar surface area (TPSA) is 47.6 Å². The molecule has 1 heterocycles. The van der Waals surface area contributed by atoms with E-state index < -0.39 is 5.41 Å². The number of fused-ring (bicyclic) bond motifs is 1.